The summed E-state index contributed by atoms with van der Waals surface area (Å²) in [6.07, 6.45) is 0.636. The molecule has 174 valence electrons. The molecule has 2 aliphatic rings. The Kier molecular flexibility index (Phi) is 7.08. The number of carbonyl (C=O) groups excluding carboxylic acids is 3. The summed E-state index contributed by atoms with van der Waals surface area (Å²) >= 11 is 0. The van der Waals surface area contributed by atoms with Crippen molar-refractivity contribution in [3.05, 3.63) is 71.3 Å². The second-order valence-corrected chi connectivity index (χ2v) is 8.78. The Bertz CT molecular complexity index is 992. The molecule has 0 N–H and O–H groups in total. The first-order chi connectivity index (χ1) is 16.0. The zero-order valence-electron chi connectivity index (χ0n) is 19.3. The minimum atomic E-state index is -0.642. The van der Waals surface area contributed by atoms with Gasteiger partial charge in [0.1, 0.15) is 12.1 Å². The van der Waals surface area contributed by atoms with E-state index in [-0.39, 0.29) is 30.7 Å². The van der Waals surface area contributed by atoms with Crippen molar-refractivity contribution in [2.24, 2.45) is 0 Å². The molecule has 2 aliphatic heterocycles. The number of fused-ring (bicyclic) bond motifs is 1. The van der Waals surface area contributed by atoms with Crippen molar-refractivity contribution in [3.8, 4) is 0 Å². The number of carbonyl (C=O) groups is 3. The Morgan fingerprint density at radius 3 is 2.39 bits per heavy atom. The van der Waals surface area contributed by atoms with Crippen LogP contribution in [0.5, 0.6) is 0 Å². The van der Waals surface area contributed by atoms with E-state index < -0.39 is 12.1 Å². The Morgan fingerprint density at radius 1 is 0.970 bits per heavy atom. The third-order valence-electron chi connectivity index (χ3n) is 6.53. The molecule has 0 saturated carbocycles. The average Bonchev–Trinajstić information content (AvgIpc) is 2.82. The van der Waals surface area contributed by atoms with Gasteiger partial charge < -0.3 is 19.4 Å². The van der Waals surface area contributed by atoms with Gasteiger partial charge in [0.05, 0.1) is 19.6 Å². The maximum atomic E-state index is 13.6. The minimum Gasteiger partial charge on any atom is -0.383 e. The van der Waals surface area contributed by atoms with Gasteiger partial charge in [0, 0.05) is 33.2 Å². The van der Waals surface area contributed by atoms with Gasteiger partial charge in [-0.15, -0.1) is 0 Å². The van der Waals surface area contributed by atoms with E-state index in [0.717, 1.165) is 16.7 Å². The molecule has 0 spiro atoms. The van der Waals surface area contributed by atoms with Gasteiger partial charge in [-0.25, -0.2) is 0 Å². The van der Waals surface area contributed by atoms with Crippen LogP contribution >= 0.6 is 0 Å². The maximum Gasteiger partial charge on any atom is 0.247 e. The highest BCUT2D eigenvalue weighted by Crippen LogP contribution is 2.25. The lowest BCUT2D eigenvalue weighted by atomic mass is 9.95. The van der Waals surface area contributed by atoms with E-state index in [2.05, 4.69) is 0 Å². The molecule has 7 heteroatoms. The third-order valence-corrected chi connectivity index (χ3v) is 6.53. The molecule has 2 atom stereocenters. The zero-order chi connectivity index (χ0) is 23.4. The summed E-state index contributed by atoms with van der Waals surface area (Å²) < 4.78 is 5.13. The second-order valence-electron chi connectivity index (χ2n) is 8.78. The van der Waals surface area contributed by atoms with Crippen molar-refractivity contribution >= 4 is 17.7 Å². The Labute approximate surface area is 194 Å². The van der Waals surface area contributed by atoms with Crippen LogP contribution in [0.3, 0.4) is 0 Å². The molecule has 0 aromatic heterocycles. The lowest BCUT2D eigenvalue weighted by molar-refractivity contribution is -0.166. The van der Waals surface area contributed by atoms with E-state index in [1.165, 1.54) is 0 Å². The molecule has 33 heavy (non-hydrogen) atoms. The Balaban J connectivity index is 1.59. The lowest BCUT2D eigenvalue weighted by Gasteiger charge is -2.49. The first-order valence-electron chi connectivity index (χ1n) is 11.4. The van der Waals surface area contributed by atoms with Crippen molar-refractivity contribution in [3.63, 3.8) is 0 Å². The van der Waals surface area contributed by atoms with E-state index in [4.69, 9.17) is 4.74 Å². The fraction of sp³-hybridized carbons (Fsp3) is 0.423. The summed E-state index contributed by atoms with van der Waals surface area (Å²) in [5.74, 6) is -0.389. The molecule has 2 aromatic rings. The molecule has 2 saturated heterocycles. The number of hydrogen-bond acceptors (Lipinski definition) is 4. The number of piperazine rings is 2. The summed E-state index contributed by atoms with van der Waals surface area (Å²) in [6, 6.07) is 16.3. The molecule has 0 radical (unpaired) electrons. The van der Waals surface area contributed by atoms with Gasteiger partial charge in [-0.2, -0.15) is 0 Å². The molecule has 4 rings (SSSR count). The Morgan fingerprint density at radius 2 is 1.70 bits per heavy atom. The lowest BCUT2D eigenvalue weighted by Crippen LogP contribution is -2.71. The van der Waals surface area contributed by atoms with E-state index in [1.54, 1.807) is 21.8 Å². The molecule has 3 amide bonds. The van der Waals surface area contributed by atoms with E-state index in [9.17, 15) is 14.4 Å². The van der Waals surface area contributed by atoms with Crippen LogP contribution in [0.4, 0.5) is 0 Å². The second kappa shape index (κ2) is 10.2. The fourth-order valence-corrected chi connectivity index (χ4v) is 4.63. The number of methoxy groups -OCH3 is 1. The largest absolute Gasteiger partial charge is 0.383 e. The molecule has 0 unspecified atom stereocenters. The summed E-state index contributed by atoms with van der Waals surface area (Å²) in [7, 11) is 1.60. The van der Waals surface area contributed by atoms with E-state index >= 15 is 0 Å². The molecule has 2 fully saturated rings. The smallest absolute Gasteiger partial charge is 0.247 e. The van der Waals surface area contributed by atoms with Gasteiger partial charge in [0.15, 0.2) is 0 Å². The van der Waals surface area contributed by atoms with Crippen LogP contribution in [0.2, 0.25) is 0 Å². The predicted octanol–water partition coefficient (Wildman–Crippen LogP) is 1.68. The number of ether oxygens (including phenoxy) is 1. The third kappa shape index (κ3) is 5.09. The van der Waals surface area contributed by atoms with Crippen molar-refractivity contribution in [1.29, 1.82) is 0 Å². The molecular weight excluding hydrogens is 418 g/mol. The first-order valence-corrected chi connectivity index (χ1v) is 11.4. The van der Waals surface area contributed by atoms with Gasteiger partial charge in [0.2, 0.25) is 17.7 Å². The monoisotopic (exact) mass is 449 g/mol. The van der Waals surface area contributed by atoms with Gasteiger partial charge >= 0.3 is 0 Å². The molecular formula is C26H31N3O4. The van der Waals surface area contributed by atoms with Crippen LogP contribution < -0.4 is 0 Å². The van der Waals surface area contributed by atoms with Crippen LogP contribution in [0.15, 0.2) is 54.6 Å². The van der Waals surface area contributed by atoms with Gasteiger partial charge in [-0.05, 0) is 18.1 Å². The van der Waals surface area contributed by atoms with Crippen LogP contribution in [-0.4, -0.2) is 84.4 Å². The first kappa shape index (κ1) is 23.0. The van der Waals surface area contributed by atoms with Gasteiger partial charge in [0.25, 0.3) is 0 Å². The molecule has 7 nitrogen and oxygen atoms in total. The normalized spacial score (nSPS) is 20.7. The van der Waals surface area contributed by atoms with Gasteiger partial charge in [-0.3, -0.25) is 14.4 Å². The van der Waals surface area contributed by atoms with Crippen molar-refractivity contribution in [2.45, 2.75) is 31.8 Å². The van der Waals surface area contributed by atoms with Crippen LogP contribution in [0.1, 0.15) is 16.7 Å². The number of nitrogens with zero attached hydrogens (tertiary/aromatic N) is 3. The van der Waals surface area contributed by atoms with Crippen LogP contribution in [0.25, 0.3) is 0 Å². The van der Waals surface area contributed by atoms with E-state index in [1.807, 2.05) is 61.5 Å². The molecule has 0 bridgehead atoms. The van der Waals surface area contributed by atoms with Crippen LogP contribution in [0, 0.1) is 6.92 Å². The number of rotatable bonds is 7. The quantitative estimate of drug-likeness (QED) is 0.645. The molecule has 2 heterocycles. The van der Waals surface area contributed by atoms with Crippen molar-refractivity contribution in [1.82, 2.24) is 14.7 Å². The number of hydrogen-bond donors (Lipinski definition) is 0. The van der Waals surface area contributed by atoms with Crippen LogP contribution in [-0.2, 0) is 32.0 Å². The highest BCUT2D eigenvalue weighted by molar-refractivity contribution is 5.96. The summed E-state index contributed by atoms with van der Waals surface area (Å²) in [5, 5.41) is 0. The number of amides is 3. The van der Waals surface area contributed by atoms with Crippen molar-refractivity contribution < 1.29 is 19.1 Å². The highest BCUT2D eigenvalue weighted by atomic mass is 16.5. The number of aryl methyl sites for hydroxylation is 1. The predicted molar refractivity (Wildman–Crippen MR) is 124 cm³/mol. The SMILES string of the molecule is COCCN1CCN2C(=O)[C@H](Cc3ccccc3)N(C(=O)Cc3ccc(C)cc3)C[C@H]2C1=O. The zero-order valence-corrected chi connectivity index (χ0v) is 19.3. The summed E-state index contributed by atoms with van der Waals surface area (Å²) in [4.78, 5) is 45.2. The number of benzene rings is 2. The minimum absolute atomic E-state index is 0.113. The summed E-state index contributed by atoms with van der Waals surface area (Å²) in [6.45, 7) is 4.11. The van der Waals surface area contributed by atoms with Crippen molar-refractivity contribution in [2.75, 3.05) is 39.9 Å². The Hall–Kier alpha value is -3.19. The summed E-state index contributed by atoms with van der Waals surface area (Å²) in [5.41, 5.74) is 3.02. The highest BCUT2D eigenvalue weighted by Gasteiger charge is 2.47. The van der Waals surface area contributed by atoms with E-state index in [0.29, 0.717) is 32.7 Å². The van der Waals surface area contributed by atoms with Gasteiger partial charge in [-0.1, -0.05) is 60.2 Å². The maximum absolute atomic E-state index is 13.6. The standard InChI is InChI=1S/C26H31N3O4/c1-19-8-10-21(11-9-19)17-24(30)29-18-23-25(31)27(14-15-33-2)12-13-28(23)26(32)22(29)16-20-6-4-3-5-7-20/h3-11,22-23H,12-18H2,1-2H3/t22-,23-/m0/s1. The molecule has 0 aliphatic carbocycles. The fourth-order valence-electron chi connectivity index (χ4n) is 4.63. The average molecular weight is 450 g/mol. The molecule has 2 aromatic carbocycles. The topological polar surface area (TPSA) is 70.2 Å².